The van der Waals surface area contributed by atoms with Gasteiger partial charge in [-0.05, 0) is 72.4 Å². The van der Waals surface area contributed by atoms with Crippen LogP contribution < -0.4 is 27.8 Å². The van der Waals surface area contributed by atoms with Crippen LogP contribution in [0.25, 0.3) is 0 Å². The van der Waals surface area contributed by atoms with Crippen LogP contribution in [-0.2, 0) is 23.8 Å². The zero-order valence-electron chi connectivity index (χ0n) is 23.2. The Morgan fingerprint density at radius 1 is 0.500 bits per heavy atom. The first-order valence-electron chi connectivity index (χ1n) is 13.1. The van der Waals surface area contributed by atoms with Gasteiger partial charge in [0.15, 0.2) is 34.5 Å². The van der Waals surface area contributed by atoms with Crippen LogP contribution in [0.3, 0.4) is 0 Å². The van der Waals surface area contributed by atoms with E-state index in [1.165, 1.54) is 21.3 Å². The highest BCUT2D eigenvalue weighted by Crippen LogP contribution is 2.54. The molecule has 0 atom stereocenters. The molecule has 7 nitrogen and oxygen atoms in total. The first-order valence-corrected chi connectivity index (χ1v) is 14.5. The van der Waals surface area contributed by atoms with Crippen LogP contribution in [-0.4, -0.2) is 21.3 Å². The Kier molecular flexibility index (Phi) is 10.8. The molecule has 206 valence electrons. The number of hydrogen-bond donors (Lipinski definition) is 0. The second-order valence-electron chi connectivity index (χ2n) is 8.93. The first-order chi connectivity index (χ1) is 18.4. The number of phosphoric ester groups is 1. The van der Waals surface area contributed by atoms with E-state index in [1.54, 1.807) is 18.2 Å². The summed E-state index contributed by atoms with van der Waals surface area (Å²) in [4.78, 5) is 0. The molecule has 0 saturated heterocycles. The lowest BCUT2D eigenvalue weighted by Gasteiger charge is -2.22. The van der Waals surface area contributed by atoms with E-state index >= 15 is 0 Å². The monoisotopic (exact) mass is 542 g/mol. The van der Waals surface area contributed by atoms with Gasteiger partial charge in [0, 0.05) is 0 Å². The van der Waals surface area contributed by atoms with Crippen molar-refractivity contribution in [3.05, 3.63) is 71.3 Å². The van der Waals surface area contributed by atoms with Crippen molar-refractivity contribution in [2.75, 3.05) is 21.3 Å². The molecule has 0 saturated carbocycles. The van der Waals surface area contributed by atoms with Crippen molar-refractivity contribution >= 4 is 7.82 Å². The Balaban J connectivity index is 2.04. The molecule has 0 aliphatic heterocycles. The summed E-state index contributed by atoms with van der Waals surface area (Å²) in [6.07, 6.45) is 5.58. The molecule has 0 aromatic heterocycles. The summed E-state index contributed by atoms with van der Waals surface area (Å²) >= 11 is 0. The van der Waals surface area contributed by atoms with Crippen LogP contribution in [0.4, 0.5) is 0 Å². The zero-order chi connectivity index (χ0) is 27.5. The van der Waals surface area contributed by atoms with E-state index in [1.807, 2.05) is 36.4 Å². The lowest BCUT2D eigenvalue weighted by Crippen LogP contribution is -2.10. The topological polar surface area (TPSA) is 72.5 Å². The highest BCUT2D eigenvalue weighted by Gasteiger charge is 2.36. The van der Waals surface area contributed by atoms with Gasteiger partial charge in [-0.2, -0.15) is 4.57 Å². The van der Waals surface area contributed by atoms with Crippen LogP contribution >= 0.6 is 7.82 Å². The Morgan fingerprint density at radius 2 is 0.789 bits per heavy atom. The van der Waals surface area contributed by atoms with Crippen LogP contribution in [0.1, 0.15) is 56.7 Å². The van der Waals surface area contributed by atoms with Crippen molar-refractivity contribution in [3.63, 3.8) is 0 Å². The molecule has 0 amide bonds. The minimum absolute atomic E-state index is 0.235. The van der Waals surface area contributed by atoms with Crippen LogP contribution in [0.2, 0.25) is 0 Å². The lowest BCUT2D eigenvalue weighted by atomic mass is 10.1. The normalized spacial score (nSPS) is 11.1. The predicted molar refractivity (Wildman–Crippen MR) is 150 cm³/mol. The largest absolute Gasteiger partial charge is 0.647 e. The Hall–Kier alpha value is -3.31. The van der Waals surface area contributed by atoms with Crippen LogP contribution in [0.15, 0.2) is 54.6 Å². The third kappa shape index (κ3) is 7.61. The van der Waals surface area contributed by atoms with Gasteiger partial charge in [0.25, 0.3) is 0 Å². The average molecular weight is 543 g/mol. The maximum Gasteiger partial charge on any atom is 0.647 e. The summed E-state index contributed by atoms with van der Waals surface area (Å²) in [5.74, 6) is 1.99. The molecular formula is C30H39O7P. The van der Waals surface area contributed by atoms with Gasteiger partial charge in [0.05, 0.1) is 21.3 Å². The smallest absolute Gasteiger partial charge is 0.493 e. The summed E-state index contributed by atoms with van der Waals surface area (Å²) < 4.78 is 48.9. The molecule has 0 bridgehead atoms. The van der Waals surface area contributed by atoms with Gasteiger partial charge in [-0.25, -0.2) is 0 Å². The molecule has 0 radical (unpaired) electrons. The van der Waals surface area contributed by atoms with E-state index in [4.69, 9.17) is 27.8 Å². The third-order valence-electron chi connectivity index (χ3n) is 5.93. The minimum Gasteiger partial charge on any atom is -0.493 e. The molecule has 0 aliphatic rings. The first kappa shape index (κ1) is 29.2. The quantitative estimate of drug-likeness (QED) is 0.179. The number of hydrogen-bond acceptors (Lipinski definition) is 7. The Bertz CT molecular complexity index is 1090. The Morgan fingerprint density at radius 3 is 1.03 bits per heavy atom. The van der Waals surface area contributed by atoms with E-state index < -0.39 is 7.82 Å². The van der Waals surface area contributed by atoms with Crippen molar-refractivity contribution in [1.29, 1.82) is 0 Å². The fourth-order valence-corrected chi connectivity index (χ4v) is 5.40. The highest BCUT2D eigenvalue weighted by molar-refractivity contribution is 7.49. The molecule has 3 aromatic rings. The maximum absolute atomic E-state index is 14.3. The summed E-state index contributed by atoms with van der Waals surface area (Å²) in [5.41, 5.74) is 3.24. The van der Waals surface area contributed by atoms with Crippen LogP contribution in [0.5, 0.6) is 34.5 Å². The van der Waals surface area contributed by atoms with E-state index in [0.29, 0.717) is 17.2 Å². The standard InChI is InChI=1S/C30H39O7P/c1-7-10-22-13-16-25(28(19-22)32-4)35-38(31,36-26-17-14-23(11-8-2)20-29(26)33-5)37-27-18-15-24(12-9-3)21-30(27)34-6/h13-21H,7-12H2,1-6H3. The van der Waals surface area contributed by atoms with Gasteiger partial charge in [0.2, 0.25) is 0 Å². The van der Waals surface area contributed by atoms with Crippen molar-refractivity contribution < 1.29 is 32.3 Å². The number of phosphoric acid groups is 1. The fraction of sp³-hybridized carbons (Fsp3) is 0.400. The fourth-order valence-electron chi connectivity index (χ4n) is 4.11. The van der Waals surface area contributed by atoms with Gasteiger partial charge >= 0.3 is 7.82 Å². The zero-order valence-corrected chi connectivity index (χ0v) is 24.1. The maximum atomic E-state index is 14.3. The van der Waals surface area contributed by atoms with Crippen LogP contribution in [0, 0.1) is 0 Å². The molecule has 0 unspecified atom stereocenters. The number of benzene rings is 3. The predicted octanol–water partition coefficient (Wildman–Crippen LogP) is 8.21. The van der Waals surface area contributed by atoms with E-state index in [-0.39, 0.29) is 17.2 Å². The lowest BCUT2D eigenvalue weighted by molar-refractivity contribution is 0.278. The van der Waals surface area contributed by atoms with Crippen molar-refractivity contribution in [3.8, 4) is 34.5 Å². The average Bonchev–Trinajstić information content (AvgIpc) is 2.91. The van der Waals surface area contributed by atoms with Gasteiger partial charge < -0.3 is 27.8 Å². The van der Waals surface area contributed by atoms with Gasteiger partial charge in [0.1, 0.15) is 0 Å². The van der Waals surface area contributed by atoms with Crippen molar-refractivity contribution in [2.24, 2.45) is 0 Å². The molecule has 3 aromatic carbocycles. The van der Waals surface area contributed by atoms with Crippen molar-refractivity contribution in [2.45, 2.75) is 59.3 Å². The number of rotatable bonds is 15. The number of aryl methyl sites for hydroxylation is 3. The van der Waals surface area contributed by atoms with Crippen molar-refractivity contribution in [1.82, 2.24) is 0 Å². The minimum atomic E-state index is -4.34. The van der Waals surface area contributed by atoms with Gasteiger partial charge in [-0.1, -0.05) is 58.2 Å². The number of ether oxygens (including phenoxy) is 3. The number of methoxy groups -OCH3 is 3. The second kappa shape index (κ2) is 14.0. The molecule has 3 rings (SSSR count). The molecule has 0 heterocycles. The molecule has 0 spiro atoms. The molecule has 0 fully saturated rings. The molecule has 38 heavy (non-hydrogen) atoms. The molecule has 0 N–H and O–H groups in total. The third-order valence-corrected chi connectivity index (χ3v) is 7.19. The van der Waals surface area contributed by atoms with E-state index in [0.717, 1.165) is 55.2 Å². The molecule has 0 aliphatic carbocycles. The van der Waals surface area contributed by atoms with Gasteiger partial charge in [-0.3, -0.25) is 0 Å². The molecular weight excluding hydrogens is 503 g/mol. The summed E-state index contributed by atoms with van der Waals surface area (Å²) in [7, 11) is 0.275. The summed E-state index contributed by atoms with van der Waals surface area (Å²) in [5, 5.41) is 0. The van der Waals surface area contributed by atoms with E-state index in [9.17, 15) is 4.57 Å². The summed E-state index contributed by atoms with van der Waals surface area (Å²) in [6.45, 7) is 6.31. The van der Waals surface area contributed by atoms with Gasteiger partial charge in [-0.15, -0.1) is 0 Å². The molecule has 8 heteroatoms. The summed E-state index contributed by atoms with van der Waals surface area (Å²) in [6, 6.07) is 16.5. The Labute approximate surface area is 226 Å². The second-order valence-corrected chi connectivity index (χ2v) is 10.4. The van der Waals surface area contributed by atoms with E-state index in [2.05, 4.69) is 20.8 Å². The SMILES string of the molecule is CCCc1ccc(OP(=O)(Oc2ccc(CCC)cc2OC)Oc2ccc(CCC)cc2OC)c(OC)c1. The highest BCUT2D eigenvalue weighted by atomic mass is 31.2.